The normalized spacial score (nSPS) is 15.2. The van der Waals surface area contributed by atoms with E-state index in [0.29, 0.717) is 0 Å². The van der Waals surface area contributed by atoms with Crippen LogP contribution in [-0.4, -0.2) is 4.86 Å². The summed E-state index contributed by atoms with van der Waals surface area (Å²) in [6.07, 6.45) is 4.15. The van der Waals surface area contributed by atoms with Crippen LogP contribution in [-0.2, 0) is 0 Å². The second-order valence-corrected chi connectivity index (χ2v) is 8.06. The largest absolute Gasteiger partial charge is 0.0800 e. The molecule has 0 amide bonds. The first kappa shape index (κ1) is 15.1. The molecule has 0 saturated heterocycles. The van der Waals surface area contributed by atoms with Crippen molar-refractivity contribution in [3.05, 3.63) is 82.3 Å². The quantitative estimate of drug-likeness (QED) is 0.418. The first-order valence-corrected chi connectivity index (χ1v) is 9.71. The van der Waals surface area contributed by atoms with E-state index in [9.17, 15) is 0 Å². The van der Waals surface area contributed by atoms with Crippen LogP contribution in [0.2, 0.25) is 0 Å². The maximum atomic E-state index is 5.48. The van der Waals surface area contributed by atoms with Crippen LogP contribution in [0.4, 0.5) is 0 Å². The fourth-order valence-corrected chi connectivity index (χ4v) is 4.97. The van der Waals surface area contributed by atoms with Gasteiger partial charge < -0.3 is 0 Å². The van der Waals surface area contributed by atoms with Gasteiger partial charge in [-0.2, -0.15) is 0 Å². The van der Waals surface area contributed by atoms with Crippen LogP contribution in [0.15, 0.2) is 71.2 Å². The fourth-order valence-electron chi connectivity index (χ4n) is 1.92. The van der Waals surface area contributed by atoms with E-state index in [1.807, 2.05) is 6.07 Å². The minimum Gasteiger partial charge on any atom is -0.0800 e. The molecule has 0 spiro atoms. The third-order valence-corrected chi connectivity index (χ3v) is 6.20. The zero-order valence-corrected chi connectivity index (χ0v) is 15.0. The minimum absolute atomic E-state index is 0.865. The van der Waals surface area contributed by atoms with Crippen molar-refractivity contribution >= 4 is 64.4 Å². The molecule has 0 aromatic heterocycles. The predicted molar refractivity (Wildman–Crippen MR) is 104 cm³/mol. The molecule has 2 aromatic carbocycles. The second kappa shape index (κ2) is 6.97. The Kier molecular flexibility index (Phi) is 5.01. The van der Waals surface area contributed by atoms with Gasteiger partial charge in [-0.1, -0.05) is 92.2 Å². The van der Waals surface area contributed by atoms with E-state index >= 15 is 0 Å². The molecule has 1 aliphatic heterocycles. The molecule has 21 heavy (non-hydrogen) atoms. The summed E-state index contributed by atoms with van der Waals surface area (Å²) in [5, 5.41) is 0. The van der Waals surface area contributed by atoms with Gasteiger partial charge in [0.25, 0.3) is 0 Å². The standard InChI is InChI=1S/C17H11BrS3/c18-14-8-6-13(7-9-14)17-11-15(19)10-16(20-21-17)12-4-2-1-3-5-12/h1-11H. The van der Waals surface area contributed by atoms with Crippen molar-refractivity contribution in [3.8, 4) is 0 Å². The Morgan fingerprint density at radius 3 is 1.81 bits per heavy atom. The third kappa shape index (κ3) is 3.89. The van der Waals surface area contributed by atoms with Gasteiger partial charge in [0.05, 0.1) is 0 Å². The molecule has 0 atom stereocenters. The molecule has 0 radical (unpaired) electrons. The van der Waals surface area contributed by atoms with E-state index in [0.717, 1.165) is 9.34 Å². The molecule has 3 rings (SSSR count). The Hall–Kier alpha value is -0.810. The van der Waals surface area contributed by atoms with Crippen LogP contribution in [0.1, 0.15) is 11.1 Å². The molecule has 0 aliphatic carbocycles. The van der Waals surface area contributed by atoms with Gasteiger partial charge in [0.2, 0.25) is 0 Å². The molecule has 0 fully saturated rings. The number of rotatable bonds is 2. The summed E-state index contributed by atoms with van der Waals surface area (Å²) < 4.78 is 1.09. The first-order chi connectivity index (χ1) is 10.2. The van der Waals surface area contributed by atoms with E-state index in [2.05, 4.69) is 76.6 Å². The Labute approximate surface area is 146 Å². The first-order valence-electron chi connectivity index (χ1n) is 6.35. The predicted octanol–water partition coefficient (Wildman–Crippen LogP) is 6.60. The lowest BCUT2D eigenvalue weighted by Gasteiger charge is -2.07. The van der Waals surface area contributed by atoms with Gasteiger partial charge in [0.1, 0.15) is 0 Å². The summed E-state index contributed by atoms with van der Waals surface area (Å²) >= 11 is 8.95. The highest BCUT2D eigenvalue weighted by molar-refractivity contribution is 9.10. The van der Waals surface area contributed by atoms with Crippen LogP contribution in [0.3, 0.4) is 0 Å². The number of allylic oxidation sites excluding steroid dienone is 2. The van der Waals surface area contributed by atoms with Crippen molar-refractivity contribution in [2.75, 3.05) is 0 Å². The van der Waals surface area contributed by atoms with Crippen molar-refractivity contribution in [1.82, 2.24) is 0 Å². The molecule has 2 aromatic rings. The van der Waals surface area contributed by atoms with Crippen LogP contribution < -0.4 is 0 Å². The van der Waals surface area contributed by atoms with Crippen molar-refractivity contribution < 1.29 is 0 Å². The van der Waals surface area contributed by atoms with Crippen molar-refractivity contribution in [1.29, 1.82) is 0 Å². The molecule has 4 heteroatoms. The Morgan fingerprint density at radius 1 is 0.714 bits per heavy atom. The number of hydrogen-bond donors (Lipinski definition) is 0. The molecule has 104 valence electrons. The highest BCUT2D eigenvalue weighted by Crippen LogP contribution is 2.47. The maximum Gasteiger partial charge on any atom is 0.0400 e. The number of benzene rings is 2. The molecule has 1 aliphatic rings. The lowest BCUT2D eigenvalue weighted by molar-refractivity contribution is 1.61. The van der Waals surface area contributed by atoms with Crippen LogP contribution >= 0.6 is 49.7 Å². The molecule has 0 nitrogen and oxygen atoms in total. The van der Waals surface area contributed by atoms with E-state index in [1.54, 1.807) is 21.6 Å². The Balaban J connectivity index is 1.86. The van der Waals surface area contributed by atoms with Crippen molar-refractivity contribution in [2.45, 2.75) is 0 Å². The number of halogens is 1. The fraction of sp³-hybridized carbons (Fsp3) is 0. The number of thiocarbonyl (C=S) groups is 1. The van der Waals surface area contributed by atoms with Gasteiger partial charge >= 0.3 is 0 Å². The third-order valence-electron chi connectivity index (χ3n) is 2.95. The minimum atomic E-state index is 0.865. The van der Waals surface area contributed by atoms with Gasteiger partial charge in [-0.3, -0.25) is 0 Å². The average Bonchev–Trinajstić information content (AvgIpc) is 2.71. The summed E-state index contributed by atoms with van der Waals surface area (Å²) in [5.41, 5.74) is 2.41. The average molecular weight is 391 g/mol. The lowest BCUT2D eigenvalue weighted by Crippen LogP contribution is -1.85. The summed E-state index contributed by atoms with van der Waals surface area (Å²) in [6.45, 7) is 0. The number of hydrogen-bond acceptors (Lipinski definition) is 3. The molecular weight excluding hydrogens is 380 g/mol. The summed E-state index contributed by atoms with van der Waals surface area (Å²) in [5.74, 6) is 0. The van der Waals surface area contributed by atoms with E-state index in [1.165, 1.54) is 20.9 Å². The molecule has 0 N–H and O–H groups in total. The lowest BCUT2D eigenvalue weighted by atomic mass is 10.1. The monoisotopic (exact) mass is 390 g/mol. The zero-order chi connectivity index (χ0) is 14.7. The summed E-state index contributed by atoms with van der Waals surface area (Å²) in [4.78, 5) is 3.26. The van der Waals surface area contributed by atoms with E-state index in [-0.39, 0.29) is 0 Å². The molecule has 1 heterocycles. The topological polar surface area (TPSA) is 0 Å². The van der Waals surface area contributed by atoms with Crippen LogP contribution in [0.25, 0.3) is 9.81 Å². The Bertz CT molecular complexity index is 715. The van der Waals surface area contributed by atoms with Gasteiger partial charge in [0, 0.05) is 19.1 Å². The highest BCUT2D eigenvalue weighted by Gasteiger charge is 2.12. The highest BCUT2D eigenvalue weighted by atomic mass is 79.9. The molecule has 0 bridgehead atoms. The van der Waals surface area contributed by atoms with Crippen LogP contribution in [0, 0.1) is 0 Å². The molecular formula is C17H11BrS3. The Morgan fingerprint density at radius 2 is 1.24 bits per heavy atom. The summed E-state index contributed by atoms with van der Waals surface area (Å²) in [7, 11) is 3.51. The van der Waals surface area contributed by atoms with Crippen LogP contribution in [0.5, 0.6) is 0 Å². The second-order valence-electron chi connectivity index (χ2n) is 4.46. The summed E-state index contributed by atoms with van der Waals surface area (Å²) in [6, 6.07) is 18.7. The van der Waals surface area contributed by atoms with E-state index < -0.39 is 0 Å². The van der Waals surface area contributed by atoms with E-state index in [4.69, 9.17) is 12.2 Å². The molecule has 0 unspecified atom stereocenters. The van der Waals surface area contributed by atoms with Crippen molar-refractivity contribution in [3.63, 3.8) is 0 Å². The SMILES string of the molecule is S=C1C=C(c2ccccc2)SSC(c2ccc(Br)cc2)=C1. The maximum absolute atomic E-state index is 5.48. The molecule has 0 saturated carbocycles. The van der Waals surface area contributed by atoms with Gasteiger partial charge in [-0.05, 0) is 35.4 Å². The van der Waals surface area contributed by atoms with Gasteiger partial charge in [0.15, 0.2) is 0 Å². The zero-order valence-electron chi connectivity index (χ0n) is 11.0. The van der Waals surface area contributed by atoms with Gasteiger partial charge in [-0.15, -0.1) is 0 Å². The van der Waals surface area contributed by atoms with Crippen molar-refractivity contribution in [2.24, 2.45) is 0 Å². The van der Waals surface area contributed by atoms with Gasteiger partial charge in [-0.25, -0.2) is 0 Å². The smallest absolute Gasteiger partial charge is 0.0400 e.